The molecule has 2 aliphatic heterocycles. The van der Waals surface area contributed by atoms with Gasteiger partial charge in [-0.2, -0.15) is 0 Å². The number of hydrogen-bond acceptors (Lipinski definition) is 8. The predicted octanol–water partition coefficient (Wildman–Crippen LogP) is 0.555. The fraction of sp³-hybridized carbons (Fsp3) is 0.765. The van der Waals surface area contributed by atoms with E-state index in [1.165, 1.54) is 199 Å². The van der Waals surface area contributed by atoms with Crippen molar-refractivity contribution in [2.75, 3.05) is 53.4 Å². The normalized spacial score (nSPS) is 14.6. The van der Waals surface area contributed by atoms with E-state index < -0.39 is 12.3 Å². The van der Waals surface area contributed by atoms with Gasteiger partial charge < -0.3 is 25.9 Å². The second-order valence-corrected chi connectivity index (χ2v) is 13.3. The quantitative estimate of drug-likeness (QED) is 0.140. The molecule has 0 unspecified atom stereocenters. The van der Waals surface area contributed by atoms with Gasteiger partial charge in [-0.3, -0.25) is 0 Å². The molecule has 0 bridgehead atoms. The SMILES string of the molecule is CCCCCCCC[N+]1(C)CCCC1.CCCCCCCC[N+]1(C)CCCC1.N#C[B-](C#N)(C#N)C#N.N#C[B-](C#N)(C#N)C#N.[Br-].[K+]. The van der Waals surface area contributed by atoms with Crippen molar-refractivity contribution >= 4 is 12.3 Å². The molecule has 2 rings (SSSR count). The monoisotopic (exact) mass is 744 g/mol. The molecule has 0 aliphatic carbocycles. The number of nitrogens with zero attached hydrogens (tertiary/aromatic N) is 10. The average molecular weight is 746 g/mol. The maximum absolute atomic E-state index is 8.09. The van der Waals surface area contributed by atoms with Gasteiger partial charge in [-0.25, -0.2) is 42.1 Å². The molecule has 2 fully saturated rings. The van der Waals surface area contributed by atoms with Gasteiger partial charge >= 0.3 is 63.7 Å². The molecule has 0 aromatic rings. The molecule has 256 valence electrons. The maximum atomic E-state index is 8.09. The van der Waals surface area contributed by atoms with Gasteiger partial charge in [0.25, 0.3) is 0 Å². The summed E-state index contributed by atoms with van der Waals surface area (Å²) in [6.45, 7) is 13.2. The van der Waals surface area contributed by atoms with Crippen molar-refractivity contribution in [2.45, 2.75) is 117 Å². The second kappa shape index (κ2) is 32.3. The van der Waals surface area contributed by atoms with E-state index in [2.05, 4.69) is 27.9 Å². The summed E-state index contributed by atoms with van der Waals surface area (Å²) in [5.41, 5.74) is 0. The largest absolute Gasteiger partial charge is 1.00 e. The van der Waals surface area contributed by atoms with Gasteiger partial charge in [0.05, 0.1) is 53.4 Å². The Labute approximate surface area is 346 Å². The van der Waals surface area contributed by atoms with Crippen molar-refractivity contribution in [3.8, 4) is 47.7 Å². The van der Waals surface area contributed by atoms with Gasteiger partial charge in [-0.1, -0.05) is 65.2 Å². The standard InChI is InChI=1S/2C13H28N.2C4BN4.BrH.K/c2*1-3-4-5-6-7-8-11-14(2)12-9-10-13-14;2*6-1-5(2-7,3-8)4-9;;/h2*3-13H2,1-2H3;;;1H;/q2*+1;2*-1;;+1/p-1. The summed E-state index contributed by atoms with van der Waals surface area (Å²) in [5, 5.41) is 64.7. The molecular weight excluding hydrogens is 689 g/mol. The van der Waals surface area contributed by atoms with E-state index in [4.69, 9.17) is 42.1 Å². The van der Waals surface area contributed by atoms with Gasteiger partial charge in [0.1, 0.15) is 0 Å². The van der Waals surface area contributed by atoms with Crippen LogP contribution in [0.3, 0.4) is 0 Å². The number of hydrogen-bond donors (Lipinski definition) is 0. The number of nitriles is 8. The minimum absolute atomic E-state index is 0. The Bertz CT molecular complexity index is 979. The first-order valence-corrected chi connectivity index (χ1v) is 17.3. The van der Waals surface area contributed by atoms with Crippen molar-refractivity contribution in [1.29, 1.82) is 42.1 Å². The first-order valence-electron chi connectivity index (χ1n) is 17.3. The van der Waals surface area contributed by atoms with Crippen molar-refractivity contribution in [1.82, 2.24) is 0 Å². The molecule has 48 heavy (non-hydrogen) atoms. The maximum Gasteiger partial charge on any atom is 1.00 e. The molecule has 0 amide bonds. The van der Waals surface area contributed by atoms with Crippen LogP contribution in [-0.2, 0) is 0 Å². The van der Waals surface area contributed by atoms with E-state index in [1.807, 2.05) is 0 Å². The summed E-state index contributed by atoms with van der Waals surface area (Å²) in [6.07, 6.45) is 17.7. The minimum Gasteiger partial charge on any atom is -1.00 e. The summed E-state index contributed by atoms with van der Waals surface area (Å²) in [5.74, 6) is 10.8. The molecule has 0 aromatic carbocycles. The molecule has 2 heterocycles. The van der Waals surface area contributed by atoms with Crippen molar-refractivity contribution in [3.05, 3.63) is 0 Å². The first-order chi connectivity index (χ1) is 22.0. The molecule has 0 saturated carbocycles. The Morgan fingerprint density at radius 2 is 0.625 bits per heavy atom. The fourth-order valence-electron chi connectivity index (χ4n) is 5.54. The van der Waals surface area contributed by atoms with E-state index >= 15 is 0 Å². The third kappa shape index (κ3) is 24.3. The summed E-state index contributed by atoms with van der Waals surface area (Å²) < 4.78 is 2.74. The van der Waals surface area contributed by atoms with Gasteiger partial charge in [0.15, 0.2) is 0 Å². The third-order valence-electron chi connectivity index (χ3n) is 8.94. The molecule has 10 nitrogen and oxygen atoms in total. The number of quaternary nitrogens is 2. The number of unbranched alkanes of at least 4 members (excludes halogenated alkanes) is 10. The smallest absolute Gasteiger partial charge is 1.00 e. The molecule has 14 heteroatoms. The Morgan fingerprint density at radius 1 is 0.417 bits per heavy atom. The van der Waals surface area contributed by atoms with Crippen molar-refractivity contribution in [2.24, 2.45) is 0 Å². The second-order valence-electron chi connectivity index (χ2n) is 13.3. The van der Waals surface area contributed by atoms with Crippen LogP contribution >= 0.6 is 0 Å². The van der Waals surface area contributed by atoms with Crippen LogP contribution in [-0.4, -0.2) is 74.6 Å². The van der Waals surface area contributed by atoms with E-state index in [-0.39, 0.29) is 68.4 Å². The van der Waals surface area contributed by atoms with E-state index in [9.17, 15) is 0 Å². The zero-order valence-electron chi connectivity index (χ0n) is 30.6. The summed E-state index contributed by atoms with van der Waals surface area (Å²) in [7, 11) is 4.89. The summed E-state index contributed by atoms with van der Waals surface area (Å²) in [6, 6.07) is 0. The van der Waals surface area contributed by atoms with Crippen molar-refractivity contribution < 1.29 is 77.3 Å². The Kier molecular flexibility index (Phi) is 35.6. The van der Waals surface area contributed by atoms with Gasteiger partial charge in [0, 0.05) is 25.7 Å². The Morgan fingerprint density at radius 3 is 0.812 bits per heavy atom. The number of rotatable bonds is 14. The minimum atomic E-state index is -2.72. The molecule has 0 N–H and O–H groups in total. The Hall–Kier alpha value is -1.91. The van der Waals surface area contributed by atoms with E-state index in [0.717, 1.165) is 0 Å². The van der Waals surface area contributed by atoms with Crippen LogP contribution in [0.25, 0.3) is 0 Å². The van der Waals surface area contributed by atoms with Gasteiger partial charge in [0.2, 0.25) is 0 Å². The zero-order chi connectivity index (χ0) is 35.2. The fourth-order valence-corrected chi connectivity index (χ4v) is 5.54. The van der Waals surface area contributed by atoms with E-state index in [0.29, 0.717) is 0 Å². The molecule has 2 aliphatic rings. The predicted molar refractivity (Wildman–Crippen MR) is 183 cm³/mol. The van der Waals surface area contributed by atoms with Gasteiger partial charge in [-0.15, -0.1) is 47.7 Å². The molecular formula is C34H56B2BrKN10. The molecule has 0 radical (unpaired) electrons. The molecule has 0 atom stereocenters. The van der Waals surface area contributed by atoms with Crippen LogP contribution in [0.4, 0.5) is 0 Å². The van der Waals surface area contributed by atoms with Gasteiger partial charge in [-0.05, 0) is 25.7 Å². The summed E-state index contributed by atoms with van der Waals surface area (Å²) >= 11 is 0. The average Bonchev–Trinajstić information content (AvgIpc) is 3.73. The topological polar surface area (TPSA) is 190 Å². The van der Waals surface area contributed by atoms with Crippen LogP contribution in [0.2, 0.25) is 0 Å². The molecule has 2 saturated heterocycles. The van der Waals surface area contributed by atoms with Crippen LogP contribution in [0.15, 0.2) is 0 Å². The zero-order valence-corrected chi connectivity index (χ0v) is 35.3. The molecule has 0 aromatic heterocycles. The summed E-state index contributed by atoms with van der Waals surface area (Å²) in [4.78, 5) is 0. The number of halogens is 1. The van der Waals surface area contributed by atoms with Crippen LogP contribution in [0, 0.1) is 89.8 Å². The van der Waals surface area contributed by atoms with E-state index in [1.54, 1.807) is 0 Å². The van der Waals surface area contributed by atoms with Crippen LogP contribution < -0.4 is 68.4 Å². The van der Waals surface area contributed by atoms with Crippen LogP contribution in [0.1, 0.15) is 117 Å². The third-order valence-corrected chi connectivity index (χ3v) is 8.94. The first kappa shape index (κ1) is 52.9. The number of likely N-dealkylation sites (tertiary alicyclic amines) is 2. The van der Waals surface area contributed by atoms with Crippen molar-refractivity contribution in [3.63, 3.8) is 0 Å². The Balaban J connectivity index is -0.000000271. The van der Waals surface area contributed by atoms with Crippen LogP contribution in [0.5, 0.6) is 0 Å². The molecule has 0 spiro atoms.